The van der Waals surface area contributed by atoms with E-state index in [9.17, 15) is 9.59 Å². The Balaban J connectivity index is 2.02. The zero-order valence-electron chi connectivity index (χ0n) is 13.3. The summed E-state index contributed by atoms with van der Waals surface area (Å²) >= 11 is 11.9. The minimum absolute atomic E-state index is 0.297. The molecule has 2 amide bonds. The number of pyridine rings is 1. The van der Waals surface area contributed by atoms with Crippen LogP contribution in [0.3, 0.4) is 0 Å². The molecule has 1 aromatic carbocycles. The van der Waals surface area contributed by atoms with Gasteiger partial charge < -0.3 is 10.6 Å². The number of hydrogen-bond donors (Lipinski definition) is 2. The van der Waals surface area contributed by atoms with Gasteiger partial charge in [0.05, 0.1) is 10.7 Å². The maximum atomic E-state index is 12.4. The van der Waals surface area contributed by atoms with Gasteiger partial charge in [0, 0.05) is 24.0 Å². The van der Waals surface area contributed by atoms with E-state index in [0.29, 0.717) is 22.3 Å². The van der Waals surface area contributed by atoms with Gasteiger partial charge in [-0.15, -0.1) is 0 Å². The first kappa shape index (κ1) is 18.2. The SMILES string of the molecule is CC(C)(C(=O)NCc1cccnc1)C(=O)Nc1ccc(Cl)cc1Cl. The summed E-state index contributed by atoms with van der Waals surface area (Å²) in [7, 11) is 0. The minimum Gasteiger partial charge on any atom is -0.351 e. The molecule has 7 heteroatoms. The number of carbonyl (C=O) groups is 2. The third-order valence-electron chi connectivity index (χ3n) is 3.49. The van der Waals surface area contributed by atoms with Crippen molar-refractivity contribution in [3.05, 3.63) is 58.3 Å². The van der Waals surface area contributed by atoms with Gasteiger partial charge in [0.25, 0.3) is 0 Å². The summed E-state index contributed by atoms with van der Waals surface area (Å²) in [4.78, 5) is 28.8. The Kier molecular flexibility index (Phi) is 5.80. The summed E-state index contributed by atoms with van der Waals surface area (Å²) in [5, 5.41) is 6.16. The number of benzene rings is 1. The smallest absolute Gasteiger partial charge is 0.239 e. The van der Waals surface area contributed by atoms with Crippen molar-refractivity contribution in [1.82, 2.24) is 10.3 Å². The van der Waals surface area contributed by atoms with Gasteiger partial charge >= 0.3 is 0 Å². The van der Waals surface area contributed by atoms with Crippen molar-refractivity contribution < 1.29 is 9.59 Å². The number of carbonyl (C=O) groups excluding carboxylic acids is 2. The molecule has 0 unspecified atom stereocenters. The number of nitrogens with one attached hydrogen (secondary N) is 2. The molecule has 0 spiro atoms. The Morgan fingerprint density at radius 3 is 2.54 bits per heavy atom. The molecule has 126 valence electrons. The summed E-state index contributed by atoms with van der Waals surface area (Å²) in [6.07, 6.45) is 3.30. The fourth-order valence-electron chi connectivity index (χ4n) is 1.88. The van der Waals surface area contributed by atoms with E-state index >= 15 is 0 Å². The highest BCUT2D eigenvalue weighted by molar-refractivity contribution is 6.36. The van der Waals surface area contributed by atoms with Crippen molar-refractivity contribution in [2.75, 3.05) is 5.32 Å². The fraction of sp³-hybridized carbons (Fsp3) is 0.235. The van der Waals surface area contributed by atoms with Crippen LogP contribution in [0.15, 0.2) is 42.7 Å². The summed E-state index contributed by atoms with van der Waals surface area (Å²) in [6.45, 7) is 3.39. The Hall–Kier alpha value is -2.11. The second-order valence-electron chi connectivity index (χ2n) is 5.75. The normalized spacial score (nSPS) is 11.0. The maximum Gasteiger partial charge on any atom is 0.239 e. The highest BCUT2D eigenvalue weighted by Crippen LogP contribution is 2.27. The zero-order chi connectivity index (χ0) is 17.7. The summed E-state index contributed by atoms with van der Waals surface area (Å²) in [5.74, 6) is -0.857. The number of amides is 2. The number of rotatable bonds is 5. The molecule has 0 aliphatic heterocycles. The molecule has 0 saturated heterocycles. The zero-order valence-corrected chi connectivity index (χ0v) is 14.8. The molecule has 2 rings (SSSR count). The van der Waals surface area contributed by atoms with Crippen molar-refractivity contribution >= 4 is 40.7 Å². The number of anilines is 1. The lowest BCUT2D eigenvalue weighted by molar-refractivity contribution is -0.138. The van der Waals surface area contributed by atoms with E-state index in [1.54, 1.807) is 44.4 Å². The van der Waals surface area contributed by atoms with Gasteiger partial charge in [-0.1, -0.05) is 29.3 Å². The van der Waals surface area contributed by atoms with E-state index in [1.165, 1.54) is 6.07 Å². The molecular formula is C17H17Cl2N3O2. The third-order valence-corrected chi connectivity index (χ3v) is 4.04. The molecule has 0 fully saturated rings. The molecule has 0 atom stereocenters. The molecule has 2 N–H and O–H groups in total. The van der Waals surface area contributed by atoms with E-state index in [-0.39, 0.29) is 0 Å². The molecule has 1 heterocycles. The van der Waals surface area contributed by atoms with E-state index in [2.05, 4.69) is 15.6 Å². The van der Waals surface area contributed by atoms with Gasteiger partial charge in [0.1, 0.15) is 5.41 Å². The van der Waals surface area contributed by atoms with Gasteiger partial charge in [-0.25, -0.2) is 0 Å². The molecule has 0 bridgehead atoms. The maximum absolute atomic E-state index is 12.4. The van der Waals surface area contributed by atoms with Gasteiger partial charge in [-0.2, -0.15) is 0 Å². The number of nitrogens with zero attached hydrogens (tertiary/aromatic N) is 1. The Morgan fingerprint density at radius 2 is 1.92 bits per heavy atom. The van der Waals surface area contributed by atoms with Crippen molar-refractivity contribution in [3.8, 4) is 0 Å². The van der Waals surface area contributed by atoms with Crippen molar-refractivity contribution in [3.63, 3.8) is 0 Å². The van der Waals surface area contributed by atoms with Crippen molar-refractivity contribution in [2.45, 2.75) is 20.4 Å². The number of hydrogen-bond acceptors (Lipinski definition) is 3. The summed E-state index contributed by atoms with van der Waals surface area (Å²) in [5.41, 5.74) is -0.0208. The van der Waals surface area contributed by atoms with Gasteiger partial charge in [-0.05, 0) is 43.7 Å². The standard InChI is InChI=1S/C17H17Cl2N3O2/c1-17(2,15(23)21-10-11-4-3-7-20-9-11)16(24)22-14-6-5-12(18)8-13(14)19/h3-9H,10H2,1-2H3,(H,21,23)(H,22,24). The van der Waals surface area contributed by atoms with Gasteiger partial charge in [-0.3, -0.25) is 14.6 Å². The third kappa shape index (κ3) is 4.46. The Morgan fingerprint density at radius 1 is 1.17 bits per heavy atom. The molecule has 1 aromatic heterocycles. The first-order chi connectivity index (χ1) is 11.3. The van der Waals surface area contributed by atoms with E-state index in [4.69, 9.17) is 23.2 Å². The monoisotopic (exact) mass is 365 g/mol. The predicted molar refractivity (Wildman–Crippen MR) is 95.0 cm³/mol. The van der Waals surface area contributed by atoms with Crippen LogP contribution in [0.1, 0.15) is 19.4 Å². The van der Waals surface area contributed by atoms with Crippen LogP contribution in [-0.4, -0.2) is 16.8 Å². The quantitative estimate of drug-likeness (QED) is 0.794. The van der Waals surface area contributed by atoms with Crippen LogP contribution in [0.2, 0.25) is 10.0 Å². The first-order valence-electron chi connectivity index (χ1n) is 7.24. The lowest BCUT2D eigenvalue weighted by atomic mass is 9.91. The molecule has 5 nitrogen and oxygen atoms in total. The average Bonchev–Trinajstić information content (AvgIpc) is 2.55. The van der Waals surface area contributed by atoms with Crippen LogP contribution in [0, 0.1) is 5.41 Å². The van der Waals surface area contributed by atoms with Crippen LogP contribution in [0.25, 0.3) is 0 Å². The molecule has 0 aliphatic carbocycles. The largest absolute Gasteiger partial charge is 0.351 e. The van der Waals surface area contributed by atoms with E-state index in [0.717, 1.165) is 5.56 Å². The summed E-state index contributed by atoms with van der Waals surface area (Å²) in [6, 6.07) is 8.34. The first-order valence-corrected chi connectivity index (χ1v) is 8.00. The molecule has 0 radical (unpaired) electrons. The number of aromatic nitrogens is 1. The molecule has 0 aliphatic rings. The van der Waals surface area contributed by atoms with Crippen LogP contribution in [-0.2, 0) is 16.1 Å². The molecule has 0 saturated carbocycles. The second kappa shape index (κ2) is 7.64. The van der Waals surface area contributed by atoms with E-state index < -0.39 is 17.2 Å². The van der Waals surface area contributed by atoms with E-state index in [1.807, 2.05) is 6.07 Å². The minimum atomic E-state index is -1.27. The average molecular weight is 366 g/mol. The highest BCUT2D eigenvalue weighted by Gasteiger charge is 2.36. The lowest BCUT2D eigenvalue weighted by Crippen LogP contribution is -2.44. The number of halogens is 2. The Labute approximate surface area is 150 Å². The molecule has 24 heavy (non-hydrogen) atoms. The summed E-state index contributed by atoms with van der Waals surface area (Å²) < 4.78 is 0. The van der Waals surface area contributed by atoms with Crippen LogP contribution < -0.4 is 10.6 Å². The highest BCUT2D eigenvalue weighted by atomic mass is 35.5. The Bertz CT molecular complexity index is 749. The van der Waals surface area contributed by atoms with Crippen molar-refractivity contribution in [1.29, 1.82) is 0 Å². The van der Waals surface area contributed by atoms with Crippen molar-refractivity contribution in [2.24, 2.45) is 5.41 Å². The van der Waals surface area contributed by atoms with Gasteiger partial charge in [0.15, 0.2) is 0 Å². The molecule has 2 aromatic rings. The lowest BCUT2D eigenvalue weighted by Gasteiger charge is -2.23. The second-order valence-corrected chi connectivity index (χ2v) is 6.59. The predicted octanol–water partition coefficient (Wildman–Crippen LogP) is 3.67. The fourth-order valence-corrected chi connectivity index (χ4v) is 2.33. The molecular weight excluding hydrogens is 349 g/mol. The van der Waals surface area contributed by atoms with Crippen LogP contribution in [0.4, 0.5) is 5.69 Å². The van der Waals surface area contributed by atoms with Gasteiger partial charge in [0.2, 0.25) is 11.8 Å². The van der Waals surface area contributed by atoms with Crippen LogP contribution >= 0.6 is 23.2 Å². The van der Waals surface area contributed by atoms with Crippen LogP contribution in [0.5, 0.6) is 0 Å². The topological polar surface area (TPSA) is 71.1 Å².